The van der Waals surface area contributed by atoms with Gasteiger partial charge >= 0.3 is 0 Å². The van der Waals surface area contributed by atoms with Crippen molar-refractivity contribution in [3.8, 4) is 23.6 Å². The van der Waals surface area contributed by atoms with E-state index >= 15 is 0 Å². The van der Waals surface area contributed by atoms with Gasteiger partial charge in [-0.1, -0.05) is 32.8 Å². The van der Waals surface area contributed by atoms with Gasteiger partial charge in [-0.2, -0.15) is 10.5 Å². The fourth-order valence-corrected chi connectivity index (χ4v) is 4.71. The van der Waals surface area contributed by atoms with Gasteiger partial charge in [-0.15, -0.1) is 0 Å². The number of unbranched alkanes of at least 4 members (excludes halogenated alkanes) is 2. The summed E-state index contributed by atoms with van der Waals surface area (Å²) in [4.78, 5) is 4.49. The summed E-state index contributed by atoms with van der Waals surface area (Å²) >= 11 is 0. The lowest BCUT2D eigenvalue weighted by atomic mass is 9.93. The highest BCUT2D eigenvalue weighted by molar-refractivity contribution is 6.00. The number of methoxy groups -OCH3 is 1. The second-order valence-electron chi connectivity index (χ2n) is 8.10. The van der Waals surface area contributed by atoms with E-state index < -0.39 is 22.7 Å². The standard InChI is InChI=1S/C24H32N4O4/c1-5-8-12-31-24(32-13-9-6-2)23(16-26)20(22(23,15-25)21(27)28-24)17-10-11-18(30-7-3)19(14-17)29-4/h10-11,14,20H,5-9,12-13H2,1-4H3,(H2,27,28). The lowest BCUT2D eigenvalue weighted by Gasteiger charge is -2.32. The van der Waals surface area contributed by atoms with Crippen LogP contribution >= 0.6 is 0 Å². The molecule has 32 heavy (non-hydrogen) atoms. The van der Waals surface area contributed by atoms with Gasteiger partial charge in [0.25, 0.3) is 5.91 Å². The average molecular weight is 441 g/mol. The molecule has 172 valence electrons. The Bertz CT molecular complexity index is 940. The Morgan fingerprint density at radius 1 is 1.03 bits per heavy atom. The summed E-state index contributed by atoms with van der Waals surface area (Å²) in [5.41, 5.74) is 4.35. The zero-order valence-corrected chi connectivity index (χ0v) is 19.3. The van der Waals surface area contributed by atoms with Gasteiger partial charge in [-0.05, 0) is 37.5 Å². The number of nitrogens with zero attached hydrogens (tertiary/aromatic N) is 3. The number of benzene rings is 1. The zero-order chi connectivity index (χ0) is 23.4. The number of hydrogen-bond donors (Lipinski definition) is 1. The first kappa shape index (κ1) is 23.8. The molecule has 8 heteroatoms. The summed E-state index contributed by atoms with van der Waals surface area (Å²) in [6.07, 6.45) is 3.37. The van der Waals surface area contributed by atoms with Crippen LogP contribution in [0.2, 0.25) is 0 Å². The van der Waals surface area contributed by atoms with Crippen LogP contribution in [0.1, 0.15) is 57.9 Å². The van der Waals surface area contributed by atoms with Crippen LogP contribution in [0.5, 0.6) is 11.5 Å². The van der Waals surface area contributed by atoms with Crippen LogP contribution in [0.25, 0.3) is 0 Å². The summed E-state index contributed by atoms with van der Waals surface area (Å²) < 4.78 is 23.5. The van der Waals surface area contributed by atoms with Crippen LogP contribution in [0, 0.1) is 33.5 Å². The summed E-state index contributed by atoms with van der Waals surface area (Å²) in [5.74, 6) is -1.01. The minimum Gasteiger partial charge on any atom is -0.493 e. The van der Waals surface area contributed by atoms with E-state index in [0.29, 0.717) is 31.3 Å². The maximum absolute atomic E-state index is 10.5. The molecule has 0 aromatic heterocycles. The summed E-state index contributed by atoms with van der Waals surface area (Å²) in [6.45, 7) is 7.18. The normalized spacial score (nSPS) is 27.1. The topological polar surface area (TPSA) is 123 Å². The molecule has 0 radical (unpaired) electrons. The number of amidine groups is 1. The molecule has 1 saturated carbocycles. The highest BCUT2D eigenvalue weighted by atomic mass is 16.7. The SMILES string of the molecule is CCCCOC1(OCCCC)N=C(N)C2(C#N)C(c3ccc(OCC)c(OC)c3)C12C#N. The second-order valence-corrected chi connectivity index (χ2v) is 8.10. The average Bonchev–Trinajstić information content (AvgIpc) is 3.38. The smallest absolute Gasteiger partial charge is 0.293 e. The van der Waals surface area contributed by atoms with E-state index in [4.69, 9.17) is 24.7 Å². The number of aliphatic imine (C=N–C) groups is 1. The summed E-state index contributed by atoms with van der Waals surface area (Å²) in [7, 11) is 1.55. The number of rotatable bonds is 12. The molecule has 3 unspecified atom stereocenters. The van der Waals surface area contributed by atoms with Gasteiger partial charge < -0.3 is 24.7 Å². The van der Waals surface area contributed by atoms with Crippen LogP contribution in [-0.2, 0) is 9.47 Å². The Morgan fingerprint density at radius 2 is 1.69 bits per heavy atom. The largest absolute Gasteiger partial charge is 0.493 e. The molecule has 0 amide bonds. The van der Waals surface area contributed by atoms with E-state index in [1.54, 1.807) is 19.2 Å². The van der Waals surface area contributed by atoms with Crippen molar-refractivity contribution >= 4 is 5.84 Å². The van der Waals surface area contributed by atoms with E-state index in [2.05, 4.69) is 17.1 Å². The van der Waals surface area contributed by atoms with Crippen molar-refractivity contribution in [2.24, 2.45) is 21.6 Å². The third kappa shape index (κ3) is 3.21. The molecular formula is C24H32N4O4. The fraction of sp³-hybridized carbons (Fsp3) is 0.625. The van der Waals surface area contributed by atoms with E-state index in [-0.39, 0.29) is 5.84 Å². The van der Waals surface area contributed by atoms with Crippen LogP contribution < -0.4 is 15.2 Å². The number of nitrogens with two attached hydrogens (primary N) is 1. The molecule has 2 aliphatic rings. The quantitative estimate of drug-likeness (QED) is 0.386. The molecule has 3 rings (SSSR count). The monoisotopic (exact) mass is 440 g/mol. The third-order valence-corrected chi connectivity index (χ3v) is 6.34. The summed E-state index contributed by atoms with van der Waals surface area (Å²) in [5, 5.41) is 20.8. The van der Waals surface area contributed by atoms with E-state index in [0.717, 1.165) is 31.2 Å². The summed E-state index contributed by atoms with van der Waals surface area (Å²) in [6, 6.07) is 10.1. The first-order chi connectivity index (χ1) is 15.5. The first-order valence-corrected chi connectivity index (χ1v) is 11.2. The molecule has 1 aliphatic carbocycles. The Balaban J connectivity index is 2.11. The van der Waals surface area contributed by atoms with Gasteiger partial charge in [0.05, 0.1) is 39.1 Å². The zero-order valence-electron chi connectivity index (χ0n) is 19.3. The van der Waals surface area contributed by atoms with Gasteiger partial charge in [0.1, 0.15) is 11.3 Å². The predicted molar refractivity (Wildman–Crippen MR) is 119 cm³/mol. The van der Waals surface area contributed by atoms with E-state index in [1.165, 1.54) is 0 Å². The van der Waals surface area contributed by atoms with E-state index in [1.807, 2.05) is 26.8 Å². The lowest BCUT2D eigenvalue weighted by molar-refractivity contribution is -0.260. The molecular weight excluding hydrogens is 408 g/mol. The maximum Gasteiger partial charge on any atom is 0.293 e. The molecule has 1 aromatic rings. The van der Waals surface area contributed by atoms with Crippen molar-refractivity contribution in [1.29, 1.82) is 10.5 Å². The van der Waals surface area contributed by atoms with Gasteiger partial charge in [0, 0.05) is 5.92 Å². The Kier molecular flexibility index (Phi) is 6.97. The molecule has 1 aromatic carbocycles. The second kappa shape index (κ2) is 9.36. The highest BCUT2D eigenvalue weighted by Crippen LogP contribution is 2.82. The molecule has 0 spiro atoms. The molecule has 0 bridgehead atoms. The molecule has 1 aliphatic heterocycles. The van der Waals surface area contributed by atoms with Crippen molar-refractivity contribution < 1.29 is 18.9 Å². The first-order valence-electron chi connectivity index (χ1n) is 11.2. The highest BCUT2D eigenvalue weighted by Gasteiger charge is 2.93. The molecule has 0 saturated heterocycles. The van der Waals surface area contributed by atoms with Crippen molar-refractivity contribution in [1.82, 2.24) is 0 Å². The van der Waals surface area contributed by atoms with Crippen LogP contribution in [-0.4, -0.2) is 38.7 Å². The number of nitriles is 2. The van der Waals surface area contributed by atoms with Crippen molar-refractivity contribution in [2.45, 2.75) is 58.3 Å². The maximum atomic E-state index is 10.5. The Labute approximate surface area is 189 Å². The van der Waals surface area contributed by atoms with Gasteiger partial charge in [0.2, 0.25) is 0 Å². The predicted octanol–water partition coefficient (Wildman–Crippen LogP) is 3.87. The molecule has 1 fully saturated rings. The number of hydrogen-bond acceptors (Lipinski definition) is 8. The molecule has 2 N–H and O–H groups in total. The van der Waals surface area contributed by atoms with Gasteiger partial charge in [0.15, 0.2) is 16.9 Å². The number of ether oxygens (including phenoxy) is 4. The Hall–Kier alpha value is -2.81. The molecule has 8 nitrogen and oxygen atoms in total. The minimum atomic E-state index is -1.62. The van der Waals surface area contributed by atoms with Crippen molar-refractivity contribution in [2.75, 3.05) is 26.9 Å². The van der Waals surface area contributed by atoms with Crippen LogP contribution in [0.15, 0.2) is 23.2 Å². The third-order valence-electron chi connectivity index (χ3n) is 6.34. The fourth-order valence-electron chi connectivity index (χ4n) is 4.71. The van der Waals surface area contributed by atoms with Crippen molar-refractivity contribution in [3.63, 3.8) is 0 Å². The molecule has 1 heterocycles. The van der Waals surface area contributed by atoms with Crippen molar-refractivity contribution in [3.05, 3.63) is 23.8 Å². The van der Waals surface area contributed by atoms with E-state index in [9.17, 15) is 10.5 Å². The van der Waals surface area contributed by atoms with Crippen LogP contribution in [0.3, 0.4) is 0 Å². The van der Waals surface area contributed by atoms with Gasteiger partial charge in [-0.3, -0.25) is 0 Å². The minimum absolute atomic E-state index is 0.0763. The van der Waals surface area contributed by atoms with Gasteiger partial charge in [-0.25, -0.2) is 4.99 Å². The lowest BCUT2D eigenvalue weighted by Crippen LogP contribution is -2.44. The van der Waals surface area contributed by atoms with Crippen LogP contribution in [0.4, 0.5) is 0 Å². The number of fused-ring (bicyclic) bond motifs is 1. The molecule has 3 atom stereocenters. The Morgan fingerprint density at radius 3 is 2.19 bits per heavy atom.